The van der Waals surface area contributed by atoms with Crippen molar-refractivity contribution >= 4 is 0 Å². The highest BCUT2D eigenvalue weighted by molar-refractivity contribution is 5.25. The third-order valence-electron chi connectivity index (χ3n) is 5.68. The number of halogens is 2. The van der Waals surface area contributed by atoms with E-state index in [9.17, 15) is 8.78 Å². The minimum Gasteiger partial charge on any atom is -0.303 e. The largest absolute Gasteiger partial charge is 0.303 e. The summed E-state index contributed by atoms with van der Waals surface area (Å²) in [7, 11) is 0. The molecule has 0 radical (unpaired) electrons. The Balaban J connectivity index is 1.71. The fraction of sp³-hybridized carbons (Fsp3) is 0.684. The van der Waals surface area contributed by atoms with Crippen molar-refractivity contribution in [2.24, 2.45) is 5.41 Å². The third kappa shape index (κ3) is 3.58. The van der Waals surface area contributed by atoms with Crippen molar-refractivity contribution in [3.05, 3.63) is 34.9 Å². The molecule has 4 heteroatoms. The van der Waals surface area contributed by atoms with Gasteiger partial charge in [0.05, 0.1) is 0 Å². The van der Waals surface area contributed by atoms with Crippen molar-refractivity contribution in [3.63, 3.8) is 0 Å². The summed E-state index contributed by atoms with van der Waals surface area (Å²) in [6.45, 7) is 9.84. The Labute approximate surface area is 138 Å². The molecule has 3 rings (SSSR count). The van der Waals surface area contributed by atoms with Crippen LogP contribution in [0.2, 0.25) is 0 Å². The van der Waals surface area contributed by atoms with E-state index in [4.69, 9.17) is 0 Å². The van der Waals surface area contributed by atoms with Gasteiger partial charge in [-0.1, -0.05) is 19.1 Å². The number of hydrogen-bond acceptors (Lipinski definition) is 2. The molecule has 2 saturated heterocycles. The van der Waals surface area contributed by atoms with E-state index >= 15 is 0 Å². The van der Waals surface area contributed by atoms with Crippen molar-refractivity contribution in [2.75, 3.05) is 32.7 Å². The Morgan fingerprint density at radius 3 is 2.35 bits per heavy atom. The van der Waals surface area contributed by atoms with Crippen LogP contribution in [0.25, 0.3) is 0 Å². The van der Waals surface area contributed by atoms with Crippen LogP contribution < -0.4 is 0 Å². The third-order valence-corrected chi connectivity index (χ3v) is 5.68. The van der Waals surface area contributed by atoms with Crippen molar-refractivity contribution in [3.8, 4) is 0 Å². The molecule has 1 atom stereocenters. The molecule has 2 heterocycles. The SMILES string of the molecule is CCN1CCCC2(CCCN(Cc3ccc(C)c(F)c3F)C2)C1. The van der Waals surface area contributed by atoms with Crippen LogP contribution in [-0.4, -0.2) is 42.5 Å². The summed E-state index contributed by atoms with van der Waals surface area (Å²) >= 11 is 0. The van der Waals surface area contributed by atoms with E-state index in [1.165, 1.54) is 25.8 Å². The molecular weight excluding hydrogens is 294 g/mol. The summed E-state index contributed by atoms with van der Waals surface area (Å²) in [5.41, 5.74) is 1.23. The Morgan fingerprint density at radius 1 is 1.00 bits per heavy atom. The van der Waals surface area contributed by atoms with Crippen molar-refractivity contribution in [2.45, 2.75) is 46.1 Å². The molecule has 1 aromatic rings. The molecule has 2 fully saturated rings. The van der Waals surface area contributed by atoms with Gasteiger partial charge in [0.25, 0.3) is 0 Å². The average molecular weight is 322 g/mol. The zero-order chi connectivity index (χ0) is 16.4. The smallest absolute Gasteiger partial charge is 0.163 e. The maximum absolute atomic E-state index is 14.2. The number of aryl methyl sites for hydroxylation is 1. The van der Waals surface area contributed by atoms with Crippen LogP contribution in [0, 0.1) is 24.0 Å². The van der Waals surface area contributed by atoms with Crippen LogP contribution in [-0.2, 0) is 6.54 Å². The van der Waals surface area contributed by atoms with Crippen molar-refractivity contribution in [1.29, 1.82) is 0 Å². The van der Waals surface area contributed by atoms with E-state index < -0.39 is 11.6 Å². The summed E-state index contributed by atoms with van der Waals surface area (Å²) < 4.78 is 27.9. The van der Waals surface area contributed by atoms with Crippen LogP contribution >= 0.6 is 0 Å². The zero-order valence-electron chi connectivity index (χ0n) is 14.4. The first-order chi connectivity index (χ1) is 11.0. The van der Waals surface area contributed by atoms with Crippen LogP contribution in [0.4, 0.5) is 8.78 Å². The van der Waals surface area contributed by atoms with E-state index in [1.807, 2.05) is 0 Å². The summed E-state index contributed by atoms with van der Waals surface area (Å²) in [5.74, 6) is -1.35. The number of benzene rings is 1. The van der Waals surface area contributed by atoms with Crippen LogP contribution in [0.1, 0.15) is 43.7 Å². The zero-order valence-corrected chi connectivity index (χ0v) is 14.4. The van der Waals surface area contributed by atoms with Crippen LogP contribution in [0.3, 0.4) is 0 Å². The fourth-order valence-corrected chi connectivity index (χ4v) is 4.41. The summed E-state index contributed by atoms with van der Waals surface area (Å²) in [5, 5.41) is 0. The number of likely N-dealkylation sites (tertiary alicyclic amines) is 2. The molecule has 1 spiro atoms. The number of rotatable bonds is 3. The number of piperidine rings is 2. The molecule has 1 aromatic carbocycles. The molecule has 0 N–H and O–H groups in total. The van der Waals surface area contributed by atoms with Gasteiger partial charge < -0.3 is 4.90 Å². The molecule has 0 aromatic heterocycles. The second-order valence-electron chi connectivity index (χ2n) is 7.46. The lowest BCUT2D eigenvalue weighted by atomic mass is 9.73. The maximum atomic E-state index is 14.2. The highest BCUT2D eigenvalue weighted by atomic mass is 19.2. The summed E-state index contributed by atoms with van der Waals surface area (Å²) in [6.07, 6.45) is 4.96. The standard InChI is InChI=1S/C19H28F2N2/c1-3-22-10-4-8-19(13-22)9-5-11-23(14-19)12-16-7-6-15(2)17(20)18(16)21/h6-7H,3-5,8-14H2,1-2H3. The van der Waals surface area contributed by atoms with Gasteiger partial charge in [0.1, 0.15) is 0 Å². The molecule has 2 aliphatic rings. The predicted molar refractivity (Wildman–Crippen MR) is 89.4 cm³/mol. The first-order valence-corrected chi connectivity index (χ1v) is 8.91. The van der Waals surface area contributed by atoms with Gasteiger partial charge in [-0.2, -0.15) is 0 Å². The van der Waals surface area contributed by atoms with Crippen LogP contribution in [0.15, 0.2) is 12.1 Å². The average Bonchev–Trinajstić information content (AvgIpc) is 2.55. The number of hydrogen-bond donors (Lipinski definition) is 0. The van der Waals surface area contributed by atoms with Crippen LogP contribution in [0.5, 0.6) is 0 Å². The summed E-state index contributed by atoms with van der Waals surface area (Å²) in [6, 6.07) is 3.43. The minimum absolute atomic E-state index is 0.353. The Hall–Kier alpha value is -1.00. The van der Waals surface area contributed by atoms with Crippen molar-refractivity contribution < 1.29 is 8.78 Å². The van der Waals surface area contributed by atoms with Gasteiger partial charge >= 0.3 is 0 Å². The van der Waals surface area contributed by atoms with E-state index in [-0.39, 0.29) is 0 Å². The first-order valence-electron chi connectivity index (χ1n) is 8.91. The van der Waals surface area contributed by atoms with Gasteiger partial charge in [0.2, 0.25) is 0 Å². The molecule has 2 nitrogen and oxygen atoms in total. The van der Waals surface area contributed by atoms with E-state index in [0.717, 1.165) is 32.6 Å². The molecule has 23 heavy (non-hydrogen) atoms. The highest BCUT2D eigenvalue weighted by Gasteiger charge is 2.38. The van der Waals surface area contributed by atoms with E-state index in [0.29, 0.717) is 23.1 Å². The Bertz CT molecular complexity index is 557. The second-order valence-corrected chi connectivity index (χ2v) is 7.46. The van der Waals surface area contributed by atoms with Gasteiger partial charge in [0.15, 0.2) is 11.6 Å². The normalized spacial score (nSPS) is 26.8. The number of nitrogens with zero attached hydrogens (tertiary/aromatic N) is 2. The maximum Gasteiger partial charge on any atom is 0.163 e. The topological polar surface area (TPSA) is 6.48 Å². The quantitative estimate of drug-likeness (QED) is 0.831. The van der Waals surface area contributed by atoms with Crippen molar-refractivity contribution in [1.82, 2.24) is 9.80 Å². The second kappa shape index (κ2) is 6.86. The van der Waals surface area contributed by atoms with E-state index in [2.05, 4.69) is 16.7 Å². The van der Waals surface area contributed by atoms with Gasteiger partial charge in [-0.25, -0.2) is 8.78 Å². The molecule has 128 valence electrons. The molecular formula is C19H28F2N2. The van der Waals surface area contributed by atoms with Gasteiger partial charge in [-0.15, -0.1) is 0 Å². The monoisotopic (exact) mass is 322 g/mol. The lowest BCUT2D eigenvalue weighted by molar-refractivity contribution is 0.0121. The van der Waals surface area contributed by atoms with Gasteiger partial charge in [-0.05, 0) is 63.2 Å². The molecule has 0 saturated carbocycles. The van der Waals surface area contributed by atoms with E-state index in [1.54, 1.807) is 19.1 Å². The van der Waals surface area contributed by atoms with Gasteiger partial charge in [0, 0.05) is 25.2 Å². The predicted octanol–water partition coefficient (Wildman–Crippen LogP) is 3.97. The molecule has 1 unspecified atom stereocenters. The Morgan fingerprint density at radius 2 is 1.65 bits per heavy atom. The molecule has 2 aliphatic heterocycles. The first kappa shape index (κ1) is 16.8. The molecule has 0 bridgehead atoms. The molecule has 0 aliphatic carbocycles. The van der Waals surface area contributed by atoms with Gasteiger partial charge in [-0.3, -0.25) is 4.90 Å². The highest BCUT2D eigenvalue weighted by Crippen LogP contribution is 2.38. The fourth-order valence-electron chi connectivity index (χ4n) is 4.41. The lowest BCUT2D eigenvalue weighted by Crippen LogP contribution is -2.52. The lowest BCUT2D eigenvalue weighted by Gasteiger charge is -2.48. The summed E-state index contributed by atoms with van der Waals surface area (Å²) in [4.78, 5) is 4.87. The molecule has 0 amide bonds. The Kier molecular flexibility index (Phi) is 5.02. The minimum atomic E-state index is -0.691.